The molecule has 0 atom stereocenters. The van der Waals surface area contributed by atoms with Crippen LogP contribution < -0.4 is 20.5 Å². The molecule has 1 aromatic heterocycles. The fourth-order valence-corrected chi connectivity index (χ4v) is 2.79. The van der Waals surface area contributed by atoms with Gasteiger partial charge in [-0.3, -0.25) is 9.36 Å². The monoisotopic (exact) mass is 354 g/mol. The zero-order valence-corrected chi connectivity index (χ0v) is 14.5. The van der Waals surface area contributed by atoms with E-state index in [1.54, 1.807) is 14.0 Å². The summed E-state index contributed by atoms with van der Waals surface area (Å²) < 4.78 is 11.6. The van der Waals surface area contributed by atoms with E-state index in [0.717, 1.165) is 11.4 Å². The van der Waals surface area contributed by atoms with Crippen LogP contribution in [-0.4, -0.2) is 30.9 Å². The number of esters is 1. The first-order valence-electron chi connectivity index (χ1n) is 8.07. The lowest BCUT2D eigenvalue weighted by atomic mass is 10.1. The number of nitrogens with one attached hydrogen (secondary N) is 1. The molecule has 2 aromatic rings. The summed E-state index contributed by atoms with van der Waals surface area (Å²) in [7, 11) is 1.59. The maximum absolute atomic E-state index is 12.6. The highest BCUT2D eigenvalue weighted by Gasteiger charge is 2.25. The minimum absolute atomic E-state index is 0.102. The van der Waals surface area contributed by atoms with Crippen LogP contribution in [0.25, 0.3) is 0 Å². The molecule has 0 saturated heterocycles. The van der Waals surface area contributed by atoms with E-state index in [4.69, 9.17) is 9.47 Å². The van der Waals surface area contributed by atoms with Gasteiger partial charge in [-0.15, -0.1) is 0 Å². The van der Waals surface area contributed by atoms with Gasteiger partial charge in [0.2, 0.25) is 0 Å². The van der Waals surface area contributed by atoms with E-state index in [9.17, 15) is 14.9 Å². The SMILES string of the molecule is CCOC(=O)c1cc(C#N)c(=O)n2c1NCN(c1ccc(OC)cc1)C2. The molecule has 1 aliphatic rings. The van der Waals surface area contributed by atoms with Crippen LogP contribution >= 0.6 is 0 Å². The summed E-state index contributed by atoms with van der Waals surface area (Å²) in [6.45, 7) is 2.50. The van der Waals surface area contributed by atoms with Gasteiger partial charge in [0.1, 0.15) is 35.4 Å². The van der Waals surface area contributed by atoms with Crippen LogP contribution in [0, 0.1) is 11.3 Å². The van der Waals surface area contributed by atoms with Crippen molar-refractivity contribution in [1.82, 2.24) is 4.57 Å². The second-order valence-corrected chi connectivity index (χ2v) is 5.60. The van der Waals surface area contributed by atoms with Gasteiger partial charge in [-0.1, -0.05) is 0 Å². The number of aromatic nitrogens is 1. The normalized spacial score (nSPS) is 12.6. The largest absolute Gasteiger partial charge is 0.497 e. The highest BCUT2D eigenvalue weighted by atomic mass is 16.5. The van der Waals surface area contributed by atoms with Crippen molar-refractivity contribution >= 4 is 17.5 Å². The smallest absolute Gasteiger partial charge is 0.341 e. The van der Waals surface area contributed by atoms with Crippen molar-refractivity contribution in [2.45, 2.75) is 13.6 Å². The molecule has 0 bridgehead atoms. The van der Waals surface area contributed by atoms with Crippen molar-refractivity contribution in [1.29, 1.82) is 5.26 Å². The molecule has 1 N–H and O–H groups in total. The Morgan fingerprint density at radius 3 is 2.69 bits per heavy atom. The van der Waals surface area contributed by atoms with Crippen molar-refractivity contribution in [2.75, 3.05) is 30.6 Å². The van der Waals surface area contributed by atoms with E-state index in [0.29, 0.717) is 12.5 Å². The van der Waals surface area contributed by atoms with Crippen molar-refractivity contribution in [3.8, 4) is 11.8 Å². The summed E-state index contributed by atoms with van der Waals surface area (Å²) in [5.41, 5.74) is 0.490. The van der Waals surface area contributed by atoms with Gasteiger partial charge in [-0.25, -0.2) is 4.79 Å². The lowest BCUT2D eigenvalue weighted by molar-refractivity contribution is 0.0526. The summed E-state index contributed by atoms with van der Waals surface area (Å²) in [5.74, 6) is 0.517. The van der Waals surface area contributed by atoms with Crippen LogP contribution in [-0.2, 0) is 11.4 Å². The van der Waals surface area contributed by atoms with E-state index >= 15 is 0 Å². The lowest BCUT2D eigenvalue weighted by Crippen LogP contribution is -2.43. The van der Waals surface area contributed by atoms with Gasteiger partial charge in [0.25, 0.3) is 5.56 Å². The topological polar surface area (TPSA) is 96.6 Å². The molecule has 1 aliphatic heterocycles. The molecule has 8 nitrogen and oxygen atoms in total. The molecule has 0 saturated carbocycles. The summed E-state index contributed by atoms with van der Waals surface area (Å²) in [5, 5.41) is 12.3. The molecule has 0 aliphatic carbocycles. The Balaban J connectivity index is 2.01. The van der Waals surface area contributed by atoms with Gasteiger partial charge in [-0.2, -0.15) is 5.26 Å². The predicted octanol–water partition coefficient (Wildman–Crippen LogP) is 1.75. The fraction of sp³-hybridized carbons (Fsp3) is 0.278. The molecule has 26 heavy (non-hydrogen) atoms. The van der Waals surface area contributed by atoms with Gasteiger partial charge < -0.3 is 19.7 Å². The molecule has 1 aromatic carbocycles. The Labute approximate surface area is 150 Å². The number of fused-ring (bicyclic) bond motifs is 1. The predicted molar refractivity (Wildman–Crippen MR) is 95.3 cm³/mol. The van der Waals surface area contributed by atoms with Crippen LogP contribution in [0.15, 0.2) is 35.1 Å². The first kappa shape index (κ1) is 17.4. The van der Waals surface area contributed by atoms with Gasteiger partial charge in [0.15, 0.2) is 0 Å². The average Bonchev–Trinajstić information content (AvgIpc) is 2.68. The number of rotatable bonds is 4. The number of nitrogens with zero attached hydrogens (tertiary/aromatic N) is 3. The molecule has 8 heteroatoms. The number of hydrogen-bond donors (Lipinski definition) is 1. The number of pyridine rings is 1. The number of ether oxygens (including phenoxy) is 2. The molecule has 0 unspecified atom stereocenters. The van der Waals surface area contributed by atoms with Crippen molar-refractivity contribution in [3.05, 3.63) is 51.8 Å². The van der Waals surface area contributed by atoms with Gasteiger partial charge in [-0.05, 0) is 37.3 Å². The number of hydrogen-bond acceptors (Lipinski definition) is 7. The number of methoxy groups -OCH3 is 1. The molecule has 134 valence electrons. The van der Waals surface area contributed by atoms with Crippen molar-refractivity contribution < 1.29 is 14.3 Å². The molecular weight excluding hydrogens is 336 g/mol. The average molecular weight is 354 g/mol. The van der Waals surface area contributed by atoms with Crippen molar-refractivity contribution in [3.63, 3.8) is 0 Å². The summed E-state index contributed by atoms with van der Waals surface area (Å²) in [6.07, 6.45) is 0. The third-order valence-corrected chi connectivity index (χ3v) is 4.09. The van der Waals surface area contributed by atoms with E-state index in [1.807, 2.05) is 35.2 Å². The number of nitriles is 1. The third-order valence-electron chi connectivity index (χ3n) is 4.09. The fourth-order valence-electron chi connectivity index (χ4n) is 2.79. The van der Waals surface area contributed by atoms with E-state index < -0.39 is 11.5 Å². The Kier molecular flexibility index (Phi) is 4.80. The van der Waals surface area contributed by atoms with E-state index in [-0.39, 0.29) is 24.4 Å². The molecule has 3 rings (SSSR count). The van der Waals surface area contributed by atoms with Crippen LogP contribution in [0.3, 0.4) is 0 Å². The third kappa shape index (κ3) is 3.07. The Morgan fingerprint density at radius 1 is 1.35 bits per heavy atom. The highest BCUT2D eigenvalue weighted by molar-refractivity contribution is 5.95. The quantitative estimate of drug-likeness (QED) is 0.836. The molecule has 0 spiro atoms. The Bertz CT molecular complexity index is 928. The summed E-state index contributed by atoms with van der Waals surface area (Å²) >= 11 is 0. The Morgan fingerprint density at radius 2 is 2.08 bits per heavy atom. The minimum Gasteiger partial charge on any atom is -0.497 e. The van der Waals surface area contributed by atoms with Crippen LogP contribution in [0.2, 0.25) is 0 Å². The van der Waals surface area contributed by atoms with Crippen molar-refractivity contribution in [2.24, 2.45) is 0 Å². The van der Waals surface area contributed by atoms with Crippen LogP contribution in [0.5, 0.6) is 5.75 Å². The molecule has 0 amide bonds. The highest BCUT2D eigenvalue weighted by Crippen LogP contribution is 2.25. The van der Waals surface area contributed by atoms with Gasteiger partial charge >= 0.3 is 5.97 Å². The number of carbonyl (C=O) groups excluding carboxylic acids is 1. The summed E-state index contributed by atoms with van der Waals surface area (Å²) in [4.78, 5) is 26.7. The van der Waals surface area contributed by atoms with E-state index in [2.05, 4.69) is 5.32 Å². The Hall–Kier alpha value is -3.47. The number of carbonyl (C=O) groups is 1. The lowest BCUT2D eigenvalue weighted by Gasteiger charge is -2.33. The first-order valence-corrected chi connectivity index (χ1v) is 8.07. The second-order valence-electron chi connectivity index (χ2n) is 5.60. The van der Waals surface area contributed by atoms with E-state index in [1.165, 1.54) is 10.6 Å². The summed E-state index contributed by atoms with van der Waals surface area (Å²) in [6, 6.07) is 10.5. The van der Waals surface area contributed by atoms with Gasteiger partial charge in [0.05, 0.1) is 20.4 Å². The molecular formula is C18H18N4O4. The first-order chi connectivity index (χ1) is 12.6. The molecule has 2 heterocycles. The molecule has 0 radical (unpaired) electrons. The second kappa shape index (κ2) is 7.19. The maximum atomic E-state index is 12.6. The number of anilines is 2. The maximum Gasteiger partial charge on any atom is 0.341 e. The van der Waals surface area contributed by atoms with Gasteiger partial charge in [0, 0.05) is 5.69 Å². The van der Waals surface area contributed by atoms with Crippen LogP contribution in [0.1, 0.15) is 22.8 Å². The molecule has 0 fully saturated rings. The zero-order valence-electron chi connectivity index (χ0n) is 14.5. The minimum atomic E-state index is -0.571. The van der Waals surface area contributed by atoms with Crippen LogP contribution in [0.4, 0.5) is 11.5 Å². The standard InChI is InChI=1S/C18H18N4O4/c1-3-26-18(24)15-8-12(9-19)17(23)22-11-21(10-20-16(15)22)13-4-6-14(25-2)7-5-13/h4-8,20H,3,10-11H2,1-2H3. The zero-order chi connectivity index (χ0) is 18.7. The number of benzene rings is 1.